The Balaban J connectivity index is 2.69. The molecule has 0 amide bonds. The highest BCUT2D eigenvalue weighted by Gasteiger charge is 2.59. The summed E-state index contributed by atoms with van der Waals surface area (Å²) < 4.78 is 14.0. The summed E-state index contributed by atoms with van der Waals surface area (Å²) in [5.74, 6) is -0.316. The van der Waals surface area contributed by atoms with Crippen LogP contribution in [-0.4, -0.2) is 27.6 Å². The Kier molecular flexibility index (Phi) is 3.09. The molecule has 0 unspecified atom stereocenters. The van der Waals surface area contributed by atoms with Crippen LogP contribution >= 0.6 is 0 Å². The molecule has 0 spiro atoms. The third-order valence-electron chi connectivity index (χ3n) is 3.96. The van der Waals surface area contributed by atoms with Crippen LogP contribution in [-0.2, 0) is 0 Å². The molecule has 0 atom stereocenters. The van der Waals surface area contributed by atoms with E-state index in [2.05, 4.69) is 0 Å². The van der Waals surface area contributed by atoms with Gasteiger partial charge in [0, 0.05) is 48.5 Å². The van der Waals surface area contributed by atoms with Gasteiger partial charge < -0.3 is 5.11 Å². The summed E-state index contributed by atoms with van der Waals surface area (Å²) in [6.07, 6.45) is 0. The molecule has 0 aliphatic carbocycles. The molecule has 0 aromatic heterocycles. The van der Waals surface area contributed by atoms with Crippen LogP contribution in [0.1, 0.15) is 33.3 Å². The highest BCUT2D eigenvalue weighted by Crippen LogP contribution is 2.46. The van der Waals surface area contributed by atoms with Crippen molar-refractivity contribution in [3.8, 4) is 0 Å². The van der Waals surface area contributed by atoms with Crippen molar-refractivity contribution in [2.45, 2.75) is 38.8 Å². The van der Waals surface area contributed by atoms with Crippen molar-refractivity contribution in [1.82, 2.24) is 0 Å². The van der Waals surface area contributed by atoms with Crippen LogP contribution in [0.15, 0.2) is 29.8 Å². The predicted molar refractivity (Wildman–Crippen MR) is 72.2 cm³/mol. The third kappa shape index (κ3) is 1.91. The Morgan fingerprint density at radius 1 is 1.11 bits per heavy atom. The second kappa shape index (κ2) is 4.23. The first-order valence-corrected chi connectivity index (χ1v) is 6.31. The number of benzene rings is 1. The molecule has 0 radical (unpaired) electrons. The normalized spacial score (nSPS) is 21.1. The van der Waals surface area contributed by atoms with Gasteiger partial charge >= 0.3 is 0 Å². The maximum atomic E-state index is 13.0. The van der Waals surface area contributed by atoms with Gasteiger partial charge in [-0.15, -0.1) is 0 Å². The molecule has 1 N–H and O–H groups in total. The molecule has 1 aromatic carbocycles. The van der Waals surface area contributed by atoms with Crippen molar-refractivity contribution in [2.75, 3.05) is 6.61 Å². The molecule has 3 nitrogen and oxygen atoms in total. The van der Waals surface area contributed by atoms with Gasteiger partial charge in [-0.2, -0.15) is 0 Å². The number of halogens is 1. The zero-order valence-corrected chi connectivity index (χ0v) is 11.7. The van der Waals surface area contributed by atoms with Crippen LogP contribution in [0.3, 0.4) is 0 Å². The molecule has 1 aromatic rings. The zero-order chi connectivity index (χ0) is 14.4. The maximum absolute atomic E-state index is 13.0. The van der Waals surface area contributed by atoms with Gasteiger partial charge in [0.1, 0.15) is 5.82 Å². The molecule has 2 rings (SSSR count). The largest absolute Gasteiger partial charge is 0.392 e. The number of rotatable bonds is 2. The van der Waals surface area contributed by atoms with E-state index < -0.39 is 11.1 Å². The monoisotopic (exact) mass is 264 g/mol. The van der Waals surface area contributed by atoms with Crippen LogP contribution in [0, 0.1) is 10.7 Å². The Labute approximate surface area is 112 Å². The van der Waals surface area contributed by atoms with E-state index in [0.29, 0.717) is 5.57 Å². The molecule has 1 aliphatic rings. The van der Waals surface area contributed by atoms with Gasteiger partial charge in [0.2, 0.25) is 11.1 Å². The Bertz CT molecular complexity index is 556. The van der Waals surface area contributed by atoms with Gasteiger partial charge in [-0.05, 0) is 17.7 Å². The second-order valence-corrected chi connectivity index (χ2v) is 5.93. The van der Waals surface area contributed by atoms with E-state index in [9.17, 15) is 14.4 Å². The molecule has 0 saturated carbocycles. The quantitative estimate of drug-likeness (QED) is 0.834. The summed E-state index contributed by atoms with van der Waals surface area (Å²) in [6, 6.07) is 6.04. The van der Waals surface area contributed by atoms with Gasteiger partial charge in [-0.1, -0.05) is 12.1 Å². The number of hydrogen-bond donors (Lipinski definition) is 1. The fourth-order valence-electron chi connectivity index (χ4n) is 3.01. The SMILES string of the molecule is CC1(C)C(CO)=C(c2ccc(F)cc2)C(C)(C)[N+]1=O. The zero-order valence-electron chi connectivity index (χ0n) is 11.7. The molecule has 1 heterocycles. The lowest BCUT2D eigenvalue weighted by Gasteiger charge is -2.16. The first-order chi connectivity index (χ1) is 8.72. The van der Waals surface area contributed by atoms with Crippen molar-refractivity contribution in [3.05, 3.63) is 46.1 Å². The smallest absolute Gasteiger partial charge is 0.231 e. The molecule has 102 valence electrons. The highest BCUT2D eigenvalue weighted by atomic mass is 19.1. The molecule has 4 heteroatoms. The number of aliphatic hydroxyl groups is 1. The Morgan fingerprint density at radius 2 is 1.63 bits per heavy atom. The number of nitroso groups, excluding NO2 is 1. The molecule has 0 saturated heterocycles. The standard InChI is InChI=1S/C15H19FNO2/c1-14(2)12(9-18)13(15(3,4)17(14)19)10-5-7-11(16)8-6-10/h5-8,18H,9H2,1-4H3/q+1. The van der Waals surface area contributed by atoms with E-state index in [1.807, 2.05) is 13.8 Å². The second-order valence-electron chi connectivity index (χ2n) is 5.93. The lowest BCUT2D eigenvalue weighted by Crippen LogP contribution is -2.41. The summed E-state index contributed by atoms with van der Waals surface area (Å²) >= 11 is 0. The van der Waals surface area contributed by atoms with Gasteiger partial charge in [-0.3, -0.25) is 0 Å². The van der Waals surface area contributed by atoms with Crippen molar-refractivity contribution in [3.63, 3.8) is 0 Å². The summed E-state index contributed by atoms with van der Waals surface area (Å²) in [7, 11) is 0. The topological polar surface area (TPSA) is 40.3 Å². The van der Waals surface area contributed by atoms with Crippen molar-refractivity contribution < 1.29 is 14.3 Å². The Hall–Kier alpha value is -1.55. The molecule has 0 bridgehead atoms. The maximum Gasteiger partial charge on any atom is 0.231 e. The van der Waals surface area contributed by atoms with E-state index in [-0.39, 0.29) is 12.4 Å². The van der Waals surface area contributed by atoms with Crippen LogP contribution in [0.25, 0.3) is 5.57 Å². The summed E-state index contributed by atoms with van der Waals surface area (Å²) in [5.41, 5.74) is 0.748. The van der Waals surface area contributed by atoms with E-state index in [0.717, 1.165) is 15.9 Å². The third-order valence-corrected chi connectivity index (χ3v) is 3.96. The Morgan fingerprint density at radius 3 is 2.11 bits per heavy atom. The number of nitrogens with zero attached hydrogens (tertiary/aromatic N) is 1. The van der Waals surface area contributed by atoms with Gasteiger partial charge in [-0.25, -0.2) is 4.39 Å². The molecule has 0 fully saturated rings. The summed E-state index contributed by atoms with van der Waals surface area (Å²) in [4.78, 5) is 12.5. The fourth-order valence-corrected chi connectivity index (χ4v) is 3.01. The molecular weight excluding hydrogens is 245 g/mol. The van der Waals surface area contributed by atoms with Gasteiger partial charge in [0.25, 0.3) is 0 Å². The molecule has 19 heavy (non-hydrogen) atoms. The first kappa shape index (κ1) is 13.9. The number of aliphatic hydroxyl groups excluding tert-OH is 1. The first-order valence-electron chi connectivity index (χ1n) is 6.31. The van der Waals surface area contributed by atoms with Gasteiger partial charge in [0.15, 0.2) is 0 Å². The van der Waals surface area contributed by atoms with Crippen LogP contribution < -0.4 is 0 Å². The van der Waals surface area contributed by atoms with Gasteiger partial charge in [0.05, 0.1) is 6.61 Å². The van der Waals surface area contributed by atoms with Crippen LogP contribution in [0.4, 0.5) is 4.39 Å². The summed E-state index contributed by atoms with van der Waals surface area (Å²) in [6.45, 7) is 7.06. The highest BCUT2D eigenvalue weighted by molar-refractivity contribution is 5.77. The minimum absolute atomic E-state index is 0.179. The average Bonchev–Trinajstić information content (AvgIpc) is 2.48. The predicted octanol–water partition coefficient (Wildman–Crippen LogP) is 2.92. The van der Waals surface area contributed by atoms with E-state index >= 15 is 0 Å². The fraction of sp³-hybridized carbons (Fsp3) is 0.467. The van der Waals surface area contributed by atoms with Crippen molar-refractivity contribution in [1.29, 1.82) is 0 Å². The lowest BCUT2D eigenvalue weighted by molar-refractivity contribution is -0.650. The van der Waals surface area contributed by atoms with E-state index in [1.165, 1.54) is 12.1 Å². The minimum atomic E-state index is -0.762. The molecular formula is C15H19FNO2+. The minimum Gasteiger partial charge on any atom is -0.392 e. The van der Waals surface area contributed by atoms with E-state index in [1.54, 1.807) is 26.0 Å². The summed E-state index contributed by atoms with van der Waals surface area (Å²) in [5, 5.41) is 9.64. The van der Waals surface area contributed by atoms with Crippen LogP contribution in [0.5, 0.6) is 0 Å². The van der Waals surface area contributed by atoms with Crippen molar-refractivity contribution in [2.24, 2.45) is 0 Å². The molecule has 1 aliphatic heterocycles. The van der Waals surface area contributed by atoms with E-state index in [4.69, 9.17) is 0 Å². The van der Waals surface area contributed by atoms with Crippen LogP contribution in [0.2, 0.25) is 0 Å². The lowest BCUT2D eigenvalue weighted by atomic mass is 9.86. The number of hydrogen-bond acceptors (Lipinski definition) is 2. The van der Waals surface area contributed by atoms with Crippen molar-refractivity contribution >= 4 is 5.57 Å². The average molecular weight is 264 g/mol.